The van der Waals surface area contributed by atoms with Gasteiger partial charge >= 0.3 is 0 Å². The third kappa shape index (κ3) is 3.98. The molecule has 0 bridgehead atoms. The van der Waals surface area contributed by atoms with Crippen LogP contribution in [0.1, 0.15) is 23.0 Å². The SMILES string of the molecule is CC(=O)N1CCN(c2ccc(C(=O)Nc3cccc(C#N)c3)nc2)CC1. The molecule has 1 saturated heterocycles. The van der Waals surface area contributed by atoms with Gasteiger partial charge in [-0.05, 0) is 30.3 Å². The molecule has 132 valence electrons. The van der Waals surface area contributed by atoms with E-state index in [2.05, 4.69) is 15.2 Å². The van der Waals surface area contributed by atoms with E-state index in [9.17, 15) is 9.59 Å². The molecule has 2 heterocycles. The van der Waals surface area contributed by atoms with Crippen LogP contribution in [-0.2, 0) is 4.79 Å². The van der Waals surface area contributed by atoms with Crippen LogP contribution >= 0.6 is 0 Å². The molecule has 7 nitrogen and oxygen atoms in total. The van der Waals surface area contributed by atoms with Gasteiger partial charge in [-0.25, -0.2) is 4.98 Å². The molecule has 1 N–H and O–H groups in total. The Kier molecular flexibility index (Phi) is 5.13. The predicted octanol–water partition coefficient (Wildman–Crippen LogP) is 1.87. The highest BCUT2D eigenvalue weighted by Gasteiger charge is 2.19. The summed E-state index contributed by atoms with van der Waals surface area (Å²) in [7, 11) is 0. The summed E-state index contributed by atoms with van der Waals surface area (Å²) in [4.78, 5) is 31.9. The number of piperazine rings is 1. The van der Waals surface area contributed by atoms with Gasteiger partial charge in [0.05, 0.1) is 23.5 Å². The van der Waals surface area contributed by atoms with Crippen LogP contribution in [-0.4, -0.2) is 47.9 Å². The number of rotatable bonds is 3. The van der Waals surface area contributed by atoms with Gasteiger partial charge in [-0.2, -0.15) is 5.26 Å². The Balaban J connectivity index is 1.63. The van der Waals surface area contributed by atoms with E-state index in [4.69, 9.17) is 5.26 Å². The number of carbonyl (C=O) groups excluding carboxylic acids is 2. The number of nitrogens with one attached hydrogen (secondary N) is 1. The number of pyridine rings is 1. The zero-order chi connectivity index (χ0) is 18.5. The summed E-state index contributed by atoms with van der Waals surface area (Å²) < 4.78 is 0. The Hall–Kier alpha value is -3.40. The number of benzene rings is 1. The van der Waals surface area contributed by atoms with Crippen LogP contribution < -0.4 is 10.2 Å². The minimum atomic E-state index is -0.326. The molecule has 3 rings (SSSR count). The van der Waals surface area contributed by atoms with Crippen LogP contribution in [0.4, 0.5) is 11.4 Å². The average Bonchev–Trinajstić information content (AvgIpc) is 2.68. The van der Waals surface area contributed by atoms with Gasteiger partial charge in [-0.3, -0.25) is 9.59 Å². The molecule has 0 aliphatic carbocycles. The average molecular weight is 349 g/mol. The number of amides is 2. The first-order chi connectivity index (χ1) is 12.6. The zero-order valence-electron chi connectivity index (χ0n) is 14.5. The lowest BCUT2D eigenvalue weighted by Crippen LogP contribution is -2.48. The Morgan fingerprint density at radius 2 is 1.92 bits per heavy atom. The summed E-state index contributed by atoms with van der Waals surface area (Å²) >= 11 is 0. The van der Waals surface area contributed by atoms with E-state index in [1.807, 2.05) is 17.0 Å². The van der Waals surface area contributed by atoms with Crippen molar-refractivity contribution in [2.45, 2.75) is 6.92 Å². The first-order valence-corrected chi connectivity index (χ1v) is 8.35. The Bertz CT molecular complexity index is 849. The van der Waals surface area contributed by atoms with Crippen molar-refractivity contribution < 1.29 is 9.59 Å². The number of aromatic nitrogens is 1. The molecule has 1 aromatic heterocycles. The molecule has 0 atom stereocenters. The van der Waals surface area contributed by atoms with E-state index in [0.717, 1.165) is 18.8 Å². The van der Waals surface area contributed by atoms with Crippen LogP contribution in [0.5, 0.6) is 0 Å². The molecule has 0 unspecified atom stereocenters. The van der Waals surface area contributed by atoms with Crippen LogP contribution in [0.3, 0.4) is 0 Å². The monoisotopic (exact) mass is 349 g/mol. The molecule has 2 amide bonds. The van der Waals surface area contributed by atoms with Gasteiger partial charge in [0, 0.05) is 38.8 Å². The van der Waals surface area contributed by atoms with Gasteiger partial charge in [0.2, 0.25) is 5.91 Å². The fourth-order valence-corrected chi connectivity index (χ4v) is 2.85. The number of hydrogen-bond donors (Lipinski definition) is 1. The molecule has 0 saturated carbocycles. The Morgan fingerprint density at radius 3 is 2.54 bits per heavy atom. The number of nitrogens with zero attached hydrogens (tertiary/aromatic N) is 4. The molecule has 1 fully saturated rings. The lowest BCUT2D eigenvalue weighted by molar-refractivity contribution is -0.129. The standard InChI is InChI=1S/C19H19N5O2/c1-14(25)23-7-9-24(10-8-23)17-5-6-18(21-13-17)19(26)22-16-4-2-3-15(11-16)12-20/h2-6,11,13H,7-10H2,1H3,(H,22,26). The lowest BCUT2D eigenvalue weighted by Gasteiger charge is -2.35. The number of hydrogen-bond acceptors (Lipinski definition) is 5. The highest BCUT2D eigenvalue weighted by Crippen LogP contribution is 2.17. The quantitative estimate of drug-likeness (QED) is 0.914. The molecular formula is C19H19N5O2. The van der Waals surface area contributed by atoms with Crippen molar-refractivity contribution >= 4 is 23.2 Å². The van der Waals surface area contributed by atoms with Crippen molar-refractivity contribution in [3.63, 3.8) is 0 Å². The van der Waals surface area contributed by atoms with Crippen LogP contribution in [0.15, 0.2) is 42.6 Å². The number of anilines is 2. The summed E-state index contributed by atoms with van der Waals surface area (Å²) in [6, 6.07) is 12.3. The first-order valence-electron chi connectivity index (χ1n) is 8.35. The number of nitriles is 1. The molecule has 1 aromatic carbocycles. The van der Waals surface area contributed by atoms with E-state index in [-0.39, 0.29) is 11.8 Å². The highest BCUT2D eigenvalue weighted by atomic mass is 16.2. The van der Waals surface area contributed by atoms with Gasteiger partial charge in [-0.1, -0.05) is 6.07 Å². The number of carbonyl (C=O) groups is 2. The second-order valence-corrected chi connectivity index (χ2v) is 6.04. The maximum Gasteiger partial charge on any atom is 0.274 e. The Morgan fingerprint density at radius 1 is 1.15 bits per heavy atom. The molecule has 2 aromatic rings. The smallest absolute Gasteiger partial charge is 0.274 e. The van der Waals surface area contributed by atoms with Crippen molar-refractivity contribution in [3.8, 4) is 6.07 Å². The van der Waals surface area contributed by atoms with E-state index in [0.29, 0.717) is 30.0 Å². The highest BCUT2D eigenvalue weighted by molar-refractivity contribution is 6.03. The fraction of sp³-hybridized carbons (Fsp3) is 0.263. The van der Waals surface area contributed by atoms with Gasteiger partial charge in [-0.15, -0.1) is 0 Å². The minimum Gasteiger partial charge on any atom is -0.367 e. The van der Waals surface area contributed by atoms with Crippen molar-refractivity contribution in [1.82, 2.24) is 9.88 Å². The van der Waals surface area contributed by atoms with Crippen molar-refractivity contribution in [3.05, 3.63) is 53.9 Å². The van der Waals surface area contributed by atoms with Crippen LogP contribution in [0, 0.1) is 11.3 Å². The van der Waals surface area contributed by atoms with Crippen molar-refractivity contribution in [2.75, 3.05) is 36.4 Å². The predicted molar refractivity (Wildman–Crippen MR) is 97.8 cm³/mol. The topological polar surface area (TPSA) is 89.3 Å². The molecule has 26 heavy (non-hydrogen) atoms. The summed E-state index contributed by atoms with van der Waals surface area (Å²) in [6.45, 7) is 4.44. The molecule has 7 heteroatoms. The Labute approximate surface area is 151 Å². The van der Waals surface area contributed by atoms with Gasteiger partial charge in [0.15, 0.2) is 0 Å². The van der Waals surface area contributed by atoms with Crippen molar-refractivity contribution in [1.29, 1.82) is 5.26 Å². The minimum absolute atomic E-state index is 0.0928. The maximum atomic E-state index is 12.3. The van der Waals surface area contributed by atoms with E-state index >= 15 is 0 Å². The van der Waals surface area contributed by atoms with Crippen LogP contribution in [0.25, 0.3) is 0 Å². The lowest BCUT2D eigenvalue weighted by atomic mass is 10.2. The summed E-state index contributed by atoms with van der Waals surface area (Å²) in [5.41, 5.74) is 2.27. The van der Waals surface area contributed by atoms with Gasteiger partial charge in [0.25, 0.3) is 5.91 Å². The normalized spacial score (nSPS) is 13.8. The summed E-state index contributed by atoms with van der Waals surface area (Å²) in [5, 5.41) is 11.7. The van der Waals surface area contributed by atoms with Gasteiger partial charge < -0.3 is 15.1 Å². The molecule has 0 radical (unpaired) electrons. The van der Waals surface area contributed by atoms with Gasteiger partial charge in [0.1, 0.15) is 5.69 Å². The first kappa shape index (κ1) is 17.4. The molecule has 1 aliphatic rings. The molecule has 0 spiro atoms. The van der Waals surface area contributed by atoms with E-state index in [1.165, 1.54) is 0 Å². The third-order valence-electron chi connectivity index (χ3n) is 4.32. The van der Waals surface area contributed by atoms with E-state index in [1.54, 1.807) is 43.5 Å². The second-order valence-electron chi connectivity index (χ2n) is 6.04. The second kappa shape index (κ2) is 7.66. The summed E-state index contributed by atoms with van der Waals surface area (Å²) in [6.07, 6.45) is 1.67. The zero-order valence-corrected chi connectivity index (χ0v) is 14.5. The molecular weight excluding hydrogens is 330 g/mol. The van der Waals surface area contributed by atoms with E-state index < -0.39 is 0 Å². The van der Waals surface area contributed by atoms with Crippen LogP contribution in [0.2, 0.25) is 0 Å². The van der Waals surface area contributed by atoms with Crippen molar-refractivity contribution in [2.24, 2.45) is 0 Å². The largest absolute Gasteiger partial charge is 0.367 e. The fourth-order valence-electron chi connectivity index (χ4n) is 2.85. The molecule has 1 aliphatic heterocycles. The summed E-state index contributed by atoms with van der Waals surface area (Å²) in [5.74, 6) is -0.233. The maximum absolute atomic E-state index is 12.3. The third-order valence-corrected chi connectivity index (χ3v) is 4.32.